The Hall–Kier alpha value is -1.87. The van der Waals surface area contributed by atoms with Gasteiger partial charge in [-0.25, -0.2) is 4.98 Å². The summed E-state index contributed by atoms with van der Waals surface area (Å²) in [5.41, 5.74) is -0.854. The highest BCUT2D eigenvalue weighted by Crippen LogP contribution is 2.38. The van der Waals surface area contributed by atoms with E-state index in [1.165, 1.54) is 6.07 Å². The van der Waals surface area contributed by atoms with Crippen LogP contribution in [0.25, 0.3) is 10.2 Å². The number of benzene rings is 1. The fourth-order valence-electron chi connectivity index (χ4n) is 2.81. The summed E-state index contributed by atoms with van der Waals surface area (Å²) in [6.45, 7) is 1.02. The number of hydrogen-bond donors (Lipinski definition) is 1. The first kappa shape index (κ1) is 17.9. The van der Waals surface area contributed by atoms with E-state index in [0.717, 1.165) is 17.4 Å². The molecule has 25 heavy (non-hydrogen) atoms. The summed E-state index contributed by atoms with van der Waals surface area (Å²) in [6, 6.07) is 3.96. The van der Waals surface area contributed by atoms with Crippen molar-refractivity contribution in [2.24, 2.45) is 0 Å². The minimum absolute atomic E-state index is 0.0390. The van der Waals surface area contributed by atoms with Crippen LogP contribution in [0.3, 0.4) is 0 Å². The van der Waals surface area contributed by atoms with E-state index in [4.69, 9.17) is 0 Å². The molecule has 1 N–H and O–H groups in total. The number of para-hydroxylation sites is 1. The number of piperidine rings is 1. The molecule has 0 radical (unpaired) electrons. The molecular formula is C16H18F3N3O2S. The molecular weight excluding hydrogens is 355 g/mol. The Labute approximate surface area is 146 Å². The number of anilines is 1. The second kappa shape index (κ2) is 6.80. The van der Waals surface area contributed by atoms with Gasteiger partial charge in [-0.3, -0.25) is 4.79 Å². The standard InChI is InChI=1S/C16H18F3N3O2S/c1-21(9-13(24)22-7-5-10(23)6-8-22)15-20-14-11(16(17,18)19)3-2-4-12(14)25-15/h2-4,10,23H,5-9H2,1H3. The number of thiazole rings is 1. The lowest BCUT2D eigenvalue weighted by Gasteiger charge is -2.30. The number of aromatic nitrogens is 1. The molecule has 9 heteroatoms. The van der Waals surface area contributed by atoms with E-state index in [1.807, 2.05) is 0 Å². The number of halogens is 3. The number of aliphatic hydroxyl groups excluding tert-OH is 1. The molecule has 5 nitrogen and oxygen atoms in total. The highest BCUT2D eigenvalue weighted by Gasteiger charge is 2.34. The van der Waals surface area contributed by atoms with Gasteiger partial charge in [0.1, 0.15) is 0 Å². The maximum absolute atomic E-state index is 13.1. The zero-order chi connectivity index (χ0) is 18.2. The fraction of sp³-hybridized carbons (Fsp3) is 0.500. The molecule has 0 aliphatic carbocycles. The van der Waals surface area contributed by atoms with Crippen LogP contribution in [0.2, 0.25) is 0 Å². The summed E-state index contributed by atoms with van der Waals surface area (Å²) in [5.74, 6) is -0.121. The average molecular weight is 373 g/mol. The molecule has 0 saturated carbocycles. The van der Waals surface area contributed by atoms with Crippen molar-refractivity contribution in [3.8, 4) is 0 Å². The van der Waals surface area contributed by atoms with E-state index in [9.17, 15) is 23.1 Å². The first-order valence-electron chi connectivity index (χ1n) is 7.89. The molecule has 3 rings (SSSR count). The first-order valence-corrected chi connectivity index (χ1v) is 8.71. The molecule has 1 saturated heterocycles. The number of carbonyl (C=O) groups excluding carboxylic acids is 1. The zero-order valence-corrected chi connectivity index (χ0v) is 14.4. The smallest absolute Gasteiger partial charge is 0.393 e. The van der Waals surface area contributed by atoms with Gasteiger partial charge in [-0.05, 0) is 25.0 Å². The third-order valence-electron chi connectivity index (χ3n) is 4.23. The largest absolute Gasteiger partial charge is 0.418 e. The van der Waals surface area contributed by atoms with Crippen LogP contribution in [0.15, 0.2) is 18.2 Å². The molecule has 0 spiro atoms. The second-order valence-electron chi connectivity index (χ2n) is 6.11. The molecule has 1 amide bonds. The van der Waals surface area contributed by atoms with Gasteiger partial charge in [0.15, 0.2) is 5.13 Å². The van der Waals surface area contributed by atoms with Crippen molar-refractivity contribution in [2.75, 3.05) is 31.6 Å². The summed E-state index contributed by atoms with van der Waals surface area (Å²) in [6.07, 6.45) is -3.74. The van der Waals surface area contributed by atoms with Gasteiger partial charge in [-0.15, -0.1) is 0 Å². The van der Waals surface area contributed by atoms with Gasteiger partial charge in [0, 0.05) is 20.1 Å². The van der Waals surface area contributed by atoms with E-state index in [0.29, 0.717) is 35.8 Å². The van der Waals surface area contributed by atoms with E-state index < -0.39 is 11.7 Å². The van der Waals surface area contributed by atoms with Gasteiger partial charge in [0.25, 0.3) is 0 Å². The Morgan fingerprint density at radius 3 is 2.72 bits per heavy atom. The number of nitrogens with zero attached hydrogens (tertiary/aromatic N) is 3. The van der Waals surface area contributed by atoms with Gasteiger partial charge < -0.3 is 14.9 Å². The molecule has 136 valence electrons. The third kappa shape index (κ3) is 3.87. The summed E-state index contributed by atoms with van der Waals surface area (Å²) in [5, 5.41) is 9.86. The maximum atomic E-state index is 13.1. The third-order valence-corrected chi connectivity index (χ3v) is 5.36. The Morgan fingerprint density at radius 2 is 2.08 bits per heavy atom. The topological polar surface area (TPSA) is 56.7 Å². The summed E-state index contributed by atoms with van der Waals surface area (Å²) < 4.78 is 39.7. The minimum Gasteiger partial charge on any atom is -0.393 e. The van der Waals surface area contributed by atoms with Crippen molar-refractivity contribution in [3.05, 3.63) is 23.8 Å². The SMILES string of the molecule is CN(CC(=O)N1CCC(O)CC1)c1nc2c(C(F)(F)F)cccc2s1. The number of alkyl halides is 3. The highest BCUT2D eigenvalue weighted by atomic mass is 32.1. The Balaban J connectivity index is 1.76. The predicted molar refractivity (Wildman–Crippen MR) is 89.7 cm³/mol. The molecule has 1 aromatic carbocycles. The van der Waals surface area contributed by atoms with Gasteiger partial charge in [-0.2, -0.15) is 13.2 Å². The number of fused-ring (bicyclic) bond motifs is 1. The number of likely N-dealkylation sites (N-methyl/N-ethyl adjacent to an activating group) is 1. The van der Waals surface area contributed by atoms with E-state index in [1.54, 1.807) is 22.9 Å². The van der Waals surface area contributed by atoms with E-state index >= 15 is 0 Å². The van der Waals surface area contributed by atoms with Gasteiger partial charge >= 0.3 is 6.18 Å². The molecule has 0 bridgehead atoms. The Morgan fingerprint density at radius 1 is 1.40 bits per heavy atom. The normalized spacial score (nSPS) is 16.4. The summed E-state index contributed by atoms with van der Waals surface area (Å²) >= 11 is 1.13. The van der Waals surface area contributed by atoms with Crippen molar-refractivity contribution < 1.29 is 23.1 Å². The van der Waals surface area contributed by atoms with Gasteiger partial charge in [-0.1, -0.05) is 17.4 Å². The predicted octanol–water partition coefficient (Wildman–Crippen LogP) is 2.73. The van der Waals surface area contributed by atoms with Gasteiger partial charge in [0.2, 0.25) is 5.91 Å². The van der Waals surface area contributed by atoms with Crippen LogP contribution in [0.1, 0.15) is 18.4 Å². The summed E-state index contributed by atoms with van der Waals surface area (Å²) in [7, 11) is 1.64. The number of amides is 1. The lowest BCUT2D eigenvalue weighted by molar-refractivity contribution is -0.136. The number of carbonyl (C=O) groups is 1. The zero-order valence-electron chi connectivity index (χ0n) is 13.6. The van der Waals surface area contributed by atoms with E-state index in [-0.39, 0.29) is 24.1 Å². The molecule has 1 aromatic heterocycles. The van der Waals surface area contributed by atoms with Crippen molar-refractivity contribution in [1.29, 1.82) is 0 Å². The van der Waals surface area contributed by atoms with Crippen molar-refractivity contribution in [3.63, 3.8) is 0 Å². The maximum Gasteiger partial charge on any atom is 0.418 e. The monoisotopic (exact) mass is 373 g/mol. The lowest BCUT2D eigenvalue weighted by atomic mass is 10.1. The first-order chi connectivity index (χ1) is 11.8. The Bertz CT molecular complexity index is 770. The quantitative estimate of drug-likeness (QED) is 0.899. The van der Waals surface area contributed by atoms with Crippen LogP contribution in [0.5, 0.6) is 0 Å². The average Bonchev–Trinajstić information content (AvgIpc) is 2.98. The van der Waals surface area contributed by atoms with Crippen LogP contribution in [-0.2, 0) is 11.0 Å². The van der Waals surface area contributed by atoms with Crippen LogP contribution >= 0.6 is 11.3 Å². The molecule has 2 aromatic rings. The second-order valence-corrected chi connectivity index (χ2v) is 7.12. The van der Waals surface area contributed by atoms with Crippen LogP contribution < -0.4 is 4.90 Å². The fourth-order valence-corrected chi connectivity index (χ4v) is 3.77. The Kier molecular flexibility index (Phi) is 4.88. The van der Waals surface area contributed by atoms with Crippen molar-refractivity contribution >= 4 is 32.6 Å². The van der Waals surface area contributed by atoms with Crippen LogP contribution in [0, 0.1) is 0 Å². The molecule has 1 aliphatic rings. The molecule has 1 aliphatic heterocycles. The summed E-state index contributed by atoms with van der Waals surface area (Å²) in [4.78, 5) is 19.7. The lowest BCUT2D eigenvalue weighted by Crippen LogP contribution is -2.44. The molecule has 0 atom stereocenters. The molecule has 1 fully saturated rings. The number of likely N-dealkylation sites (tertiary alicyclic amines) is 1. The minimum atomic E-state index is -4.46. The number of rotatable bonds is 3. The highest BCUT2D eigenvalue weighted by molar-refractivity contribution is 7.22. The number of aliphatic hydroxyl groups is 1. The van der Waals surface area contributed by atoms with Crippen molar-refractivity contribution in [1.82, 2.24) is 9.88 Å². The van der Waals surface area contributed by atoms with Crippen LogP contribution in [-0.4, -0.2) is 53.7 Å². The van der Waals surface area contributed by atoms with Crippen LogP contribution in [0.4, 0.5) is 18.3 Å². The van der Waals surface area contributed by atoms with Crippen molar-refractivity contribution in [2.45, 2.75) is 25.1 Å². The van der Waals surface area contributed by atoms with Gasteiger partial charge in [0.05, 0.1) is 28.4 Å². The number of hydrogen-bond acceptors (Lipinski definition) is 5. The van der Waals surface area contributed by atoms with E-state index in [2.05, 4.69) is 4.98 Å². The molecule has 2 heterocycles. The molecule has 0 unspecified atom stereocenters.